The van der Waals surface area contributed by atoms with E-state index < -0.39 is 0 Å². The van der Waals surface area contributed by atoms with Crippen LogP contribution in [0.5, 0.6) is 11.5 Å². The van der Waals surface area contributed by atoms with Crippen LogP contribution in [0.2, 0.25) is 0 Å². The number of hydrogen-bond acceptors (Lipinski definition) is 4. The number of benzene rings is 2. The van der Waals surface area contributed by atoms with E-state index in [0.717, 1.165) is 11.4 Å². The van der Waals surface area contributed by atoms with Gasteiger partial charge in [-0.2, -0.15) is 5.10 Å². The molecule has 1 amide bonds. The lowest BCUT2D eigenvalue weighted by Gasteiger charge is -2.09. The molecule has 3 aromatic rings. The van der Waals surface area contributed by atoms with Crippen molar-refractivity contribution in [2.75, 3.05) is 18.4 Å². The molecule has 0 radical (unpaired) electrons. The van der Waals surface area contributed by atoms with Crippen molar-refractivity contribution in [3.63, 3.8) is 0 Å². The van der Waals surface area contributed by atoms with Gasteiger partial charge < -0.3 is 21.1 Å². The van der Waals surface area contributed by atoms with Crippen LogP contribution in [0.1, 0.15) is 10.5 Å². The number of nitrogens with one attached hydrogen (secondary N) is 3. The molecule has 0 aliphatic carbocycles. The molecule has 8 nitrogen and oxygen atoms in total. The lowest BCUT2D eigenvalue weighted by molar-refractivity contribution is 0.0950. The fourth-order valence-electron chi connectivity index (χ4n) is 2.27. The van der Waals surface area contributed by atoms with Crippen LogP contribution in [0.15, 0.2) is 71.9 Å². The zero-order valence-corrected chi connectivity index (χ0v) is 14.6. The van der Waals surface area contributed by atoms with E-state index in [-0.39, 0.29) is 11.9 Å². The number of guanidine groups is 1. The summed E-state index contributed by atoms with van der Waals surface area (Å²) in [5, 5.41) is 12.0. The minimum Gasteiger partial charge on any atom is -0.457 e. The summed E-state index contributed by atoms with van der Waals surface area (Å²) in [6, 6.07) is 18.5. The maximum atomic E-state index is 11.7. The Morgan fingerprint density at radius 2 is 1.93 bits per heavy atom. The van der Waals surface area contributed by atoms with Crippen molar-refractivity contribution in [2.24, 2.45) is 10.7 Å². The molecule has 2 aromatic carbocycles. The molecule has 5 N–H and O–H groups in total. The smallest absolute Gasteiger partial charge is 0.269 e. The summed E-state index contributed by atoms with van der Waals surface area (Å²) >= 11 is 0. The number of aromatic amines is 1. The first-order valence-corrected chi connectivity index (χ1v) is 8.38. The molecule has 0 atom stereocenters. The number of hydrogen-bond donors (Lipinski definition) is 4. The van der Waals surface area contributed by atoms with Crippen molar-refractivity contribution in [1.82, 2.24) is 15.5 Å². The maximum Gasteiger partial charge on any atom is 0.269 e. The second-order valence-corrected chi connectivity index (χ2v) is 5.56. The SMILES string of the molecule is NC(=NCCNC(=O)c1ccn[nH]1)Nc1cccc(Oc2ccccc2)c1. The highest BCUT2D eigenvalue weighted by Gasteiger charge is 2.05. The van der Waals surface area contributed by atoms with Crippen LogP contribution in [-0.2, 0) is 0 Å². The molecule has 0 aliphatic heterocycles. The maximum absolute atomic E-state index is 11.7. The molecular formula is C19H20N6O2. The fraction of sp³-hybridized carbons (Fsp3) is 0.105. The first-order valence-electron chi connectivity index (χ1n) is 8.38. The number of amides is 1. The number of nitrogens with zero attached hydrogens (tertiary/aromatic N) is 2. The number of carbonyl (C=O) groups excluding carboxylic acids is 1. The minimum atomic E-state index is -0.236. The van der Waals surface area contributed by atoms with Crippen LogP contribution in [0.25, 0.3) is 0 Å². The number of aromatic nitrogens is 2. The molecule has 0 saturated carbocycles. The summed E-state index contributed by atoms with van der Waals surface area (Å²) in [7, 11) is 0. The quantitative estimate of drug-likeness (QED) is 0.292. The van der Waals surface area contributed by atoms with Crippen LogP contribution in [0.4, 0.5) is 5.69 Å². The predicted octanol–water partition coefficient (Wildman–Crippen LogP) is 2.36. The number of para-hydroxylation sites is 1. The molecule has 0 spiro atoms. The Morgan fingerprint density at radius 1 is 1.11 bits per heavy atom. The van der Waals surface area contributed by atoms with Crippen LogP contribution in [-0.4, -0.2) is 35.2 Å². The minimum absolute atomic E-state index is 0.236. The molecule has 0 bridgehead atoms. The van der Waals surface area contributed by atoms with Crippen LogP contribution >= 0.6 is 0 Å². The van der Waals surface area contributed by atoms with Gasteiger partial charge >= 0.3 is 0 Å². The summed E-state index contributed by atoms with van der Waals surface area (Å²) in [6.45, 7) is 0.705. The molecule has 0 saturated heterocycles. The van der Waals surface area contributed by atoms with Gasteiger partial charge in [-0.25, -0.2) is 0 Å². The second kappa shape index (κ2) is 9.04. The third-order valence-corrected chi connectivity index (χ3v) is 3.51. The van der Waals surface area contributed by atoms with E-state index in [1.165, 1.54) is 6.20 Å². The van der Waals surface area contributed by atoms with Gasteiger partial charge in [-0.3, -0.25) is 14.9 Å². The van der Waals surface area contributed by atoms with E-state index in [4.69, 9.17) is 10.5 Å². The van der Waals surface area contributed by atoms with Crippen molar-refractivity contribution in [3.05, 3.63) is 72.6 Å². The van der Waals surface area contributed by atoms with Gasteiger partial charge in [0.2, 0.25) is 0 Å². The first-order chi connectivity index (χ1) is 13.2. The average Bonchev–Trinajstić information content (AvgIpc) is 3.21. The highest BCUT2D eigenvalue weighted by Crippen LogP contribution is 2.23. The lowest BCUT2D eigenvalue weighted by Crippen LogP contribution is -2.28. The summed E-state index contributed by atoms with van der Waals surface area (Å²) in [4.78, 5) is 15.9. The first kappa shape index (κ1) is 18.0. The highest BCUT2D eigenvalue weighted by molar-refractivity contribution is 5.93. The summed E-state index contributed by atoms with van der Waals surface area (Å²) in [5.74, 6) is 1.46. The molecule has 0 unspecified atom stereocenters. The second-order valence-electron chi connectivity index (χ2n) is 5.56. The average molecular weight is 364 g/mol. The Labute approximate surface area is 156 Å². The Kier molecular flexibility index (Phi) is 6.03. The van der Waals surface area contributed by atoms with Gasteiger partial charge in [0.1, 0.15) is 17.2 Å². The molecule has 1 heterocycles. The molecule has 138 valence electrons. The van der Waals surface area contributed by atoms with E-state index in [2.05, 4.69) is 25.8 Å². The van der Waals surface area contributed by atoms with Crippen molar-refractivity contribution in [1.29, 1.82) is 0 Å². The summed E-state index contributed by atoms with van der Waals surface area (Å²) in [6.07, 6.45) is 1.52. The molecular weight excluding hydrogens is 344 g/mol. The number of carbonyl (C=O) groups is 1. The predicted molar refractivity (Wildman–Crippen MR) is 104 cm³/mol. The largest absolute Gasteiger partial charge is 0.457 e. The molecule has 0 fully saturated rings. The molecule has 27 heavy (non-hydrogen) atoms. The Balaban J connectivity index is 1.48. The number of aliphatic imine (C=N–C) groups is 1. The Bertz CT molecular complexity index is 894. The van der Waals surface area contributed by atoms with E-state index in [1.54, 1.807) is 6.07 Å². The summed E-state index contributed by atoms with van der Waals surface area (Å²) < 4.78 is 5.78. The number of nitrogens with two attached hydrogens (primary N) is 1. The van der Waals surface area contributed by atoms with Crippen LogP contribution in [0, 0.1) is 0 Å². The third-order valence-electron chi connectivity index (χ3n) is 3.51. The van der Waals surface area contributed by atoms with Gasteiger partial charge in [-0.15, -0.1) is 0 Å². The van der Waals surface area contributed by atoms with Crippen molar-refractivity contribution >= 4 is 17.6 Å². The molecule has 8 heteroatoms. The van der Waals surface area contributed by atoms with Gasteiger partial charge in [0, 0.05) is 24.5 Å². The standard InChI is InChI=1S/C19H20N6O2/c20-19(22-12-11-21-18(26)17-9-10-23-25-17)24-14-5-4-8-16(13-14)27-15-6-2-1-3-7-15/h1-10,13H,11-12H2,(H,21,26)(H,23,25)(H3,20,22,24). The topological polar surface area (TPSA) is 117 Å². The van der Waals surface area contributed by atoms with E-state index in [9.17, 15) is 4.79 Å². The number of anilines is 1. The van der Waals surface area contributed by atoms with E-state index >= 15 is 0 Å². The van der Waals surface area contributed by atoms with E-state index in [0.29, 0.717) is 24.5 Å². The van der Waals surface area contributed by atoms with E-state index in [1.807, 2.05) is 54.6 Å². The van der Waals surface area contributed by atoms with Crippen molar-refractivity contribution < 1.29 is 9.53 Å². The monoisotopic (exact) mass is 364 g/mol. The van der Waals surface area contributed by atoms with Gasteiger partial charge in [0.05, 0.1) is 6.54 Å². The Morgan fingerprint density at radius 3 is 2.70 bits per heavy atom. The number of rotatable bonds is 7. The van der Waals surface area contributed by atoms with Gasteiger partial charge in [-0.1, -0.05) is 24.3 Å². The molecule has 1 aromatic heterocycles. The van der Waals surface area contributed by atoms with Gasteiger partial charge in [-0.05, 0) is 30.3 Å². The van der Waals surface area contributed by atoms with Gasteiger partial charge in [0.25, 0.3) is 5.91 Å². The summed E-state index contributed by atoms with van der Waals surface area (Å²) in [5.41, 5.74) is 7.05. The Hall–Kier alpha value is -3.81. The van der Waals surface area contributed by atoms with Crippen LogP contribution in [0.3, 0.4) is 0 Å². The zero-order chi connectivity index (χ0) is 18.9. The zero-order valence-electron chi connectivity index (χ0n) is 14.6. The molecule has 0 aliphatic rings. The number of ether oxygens (including phenoxy) is 1. The van der Waals surface area contributed by atoms with Crippen molar-refractivity contribution in [2.45, 2.75) is 0 Å². The lowest BCUT2D eigenvalue weighted by atomic mass is 10.3. The number of H-pyrrole nitrogens is 1. The van der Waals surface area contributed by atoms with Crippen LogP contribution < -0.4 is 21.1 Å². The molecule has 3 rings (SSSR count). The fourth-order valence-corrected chi connectivity index (χ4v) is 2.27. The van der Waals surface area contributed by atoms with Crippen molar-refractivity contribution in [3.8, 4) is 11.5 Å². The third kappa shape index (κ3) is 5.60. The normalized spacial score (nSPS) is 11.0. The highest BCUT2D eigenvalue weighted by atomic mass is 16.5. The van der Waals surface area contributed by atoms with Gasteiger partial charge in [0.15, 0.2) is 5.96 Å².